The van der Waals surface area contributed by atoms with Crippen LogP contribution in [0.1, 0.15) is 13.8 Å². The van der Waals surface area contributed by atoms with E-state index in [1.807, 2.05) is 12.2 Å². The summed E-state index contributed by atoms with van der Waals surface area (Å²) < 4.78 is 0. The fourth-order valence-corrected chi connectivity index (χ4v) is 1.07. The number of hydrogen-bond acceptors (Lipinski definition) is 2. The van der Waals surface area contributed by atoms with Gasteiger partial charge in [0.2, 0.25) is 0 Å². The lowest BCUT2D eigenvalue weighted by Gasteiger charge is -2.01. The molecule has 0 aromatic carbocycles. The van der Waals surface area contributed by atoms with Crippen LogP contribution < -0.4 is 5.73 Å². The van der Waals surface area contributed by atoms with Gasteiger partial charge in [-0.1, -0.05) is 18.2 Å². The number of carbonyl (C=O) groups is 1. The molecule has 0 saturated heterocycles. The second kappa shape index (κ2) is 2.74. The van der Waals surface area contributed by atoms with Crippen molar-refractivity contribution in [2.45, 2.75) is 13.8 Å². The first kappa shape index (κ1) is 7.79. The van der Waals surface area contributed by atoms with Gasteiger partial charge in [0.25, 0.3) is 0 Å². The Hall–Kier alpha value is -1.31. The molecule has 1 rings (SSSR count). The van der Waals surface area contributed by atoms with Gasteiger partial charge in [-0.25, -0.2) is 0 Å². The van der Waals surface area contributed by atoms with Crippen molar-refractivity contribution in [2.75, 3.05) is 0 Å². The molecule has 2 N–H and O–H groups in total. The van der Waals surface area contributed by atoms with E-state index in [4.69, 9.17) is 5.73 Å². The molecule has 0 aromatic rings. The second-order valence-corrected chi connectivity index (χ2v) is 2.59. The molecule has 1 aliphatic carbocycles. The van der Waals surface area contributed by atoms with Gasteiger partial charge in [-0.2, -0.15) is 0 Å². The van der Waals surface area contributed by atoms with Crippen LogP contribution in [-0.2, 0) is 4.79 Å². The Balaban J connectivity index is 3.05. The molecule has 0 atom stereocenters. The summed E-state index contributed by atoms with van der Waals surface area (Å²) in [5, 5.41) is 0. The van der Waals surface area contributed by atoms with Crippen molar-refractivity contribution in [3.05, 3.63) is 35.1 Å². The van der Waals surface area contributed by atoms with Crippen LogP contribution in [0.2, 0.25) is 0 Å². The highest BCUT2D eigenvalue weighted by atomic mass is 16.1. The van der Waals surface area contributed by atoms with E-state index in [1.54, 1.807) is 19.9 Å². The summed E-state index contributed by atoms with van der Waals surface area (Å²) in [6.07, 6.45) is 5.47. The Kier molecular flexibility index (Phi) is 1.94. The summed E-state index contributed by atoms with van der Waals surface area (Å²) in [5.41, 5.74) is 7.83. The molecule has 2 heteroatoms. The molecule has 0 fully saturated rings. The zero-order chi connectivity index (χ0) is 8.43. The summed E-state index contributed by atoms with van der Waals surface area (Å²) in [6, 6.07) is 0. The fraction of sp³-hybridized carbons (Fsp3) is 0.222. The lowest BCUT2D eigenvalue weighted by Crippen LogP contribution is -2.02. The average molecular weight is 149 g/mol. The monoisotopic (exact) mass is 149 g/mol. The Morgan fingerprint density at radius 1 is 1.45 bits per heavy atom. The minimum Gasteiger partial charge on any atom is -0.402 e. The molecule has 1 aliphatic rings. The van der Waals surface area contributed by atoms with Gasteiger partial charge in [-0.05, 0) is 13.8 Å². The van der Waals surface area contributed by atoms with Crippen LogP contribution in [0.3, 0.4) is 0 Å². The number of rotatable bonds is 1. The van der Waals surface area contributed by atoms with Gasteiger partial charge < -0.3 is 5.73 Å². The molecule has 0 unspecified atom stereocenters. The van der Waals surface area contributed by atoms with E-state index in [0.29, 0.717) is 11.3 Å². The maximum Gasteiger partial charge on any atom is 0.160 e. The van der Waals surface area contributed by atoms with Crippen molar-refractivity contribution in [1.82, 2.24) is 0 Å². The highest BCUT2D eigenvalue weighted by molar-refractivity contribution is 6.00. The SMILES string of the molecule is CC(=O)C1=CC=C/C1=C(\C)N. The Morgan fingerprint density at radius 2 is 2.09 bits per heavy atom. The van der Waals surface area contributed by atoms with Gasteiger partial charge in [0.1, 0.15) is 0 Å². The first-order valence-corrected chi connectivity index (χ1v) is 3.49. The quantitative estimate of drug-likeness (QED) is 0.610. The second-order valence-electron chi connectivity index (χ2n) is 2.59. The van der Waals surface area contributed by atoms with Crippen molar-refractivity contribution in [1.29, 1.82) is 0 Å². The number of carbonyl (C=O) groups excluding carboxylic acids is 1. The van der Waals surface area contributed by atoms with E-state index in [0.717, 1.165) is 5.57 Å². The smallest absolute Gasteiger partial charge is 0.160 e. The molecule has 0 spiro atoms. The van der Waals surface area contributed by atoms with E-state index in [2.05, 4.69) is 0 Å². The summed E-state index contributed by atoms with van der Waals surface area (Å²) in [6.45, 7) is 3.34. The third-order valence-electron chi connectivity index (χ3n) is 1.62. The van der Waals surface area contributed by atoms with Crippen LogP contribution >= 0.6 is 0 Å². The topological polar surface area (TPSA) is 43.1 Å². The largest absolute Gasteiger partial charge is 0.402 e. The van der Waals surface area contributed by atoms with Gasteiger partial charge in [0.15, 0.2) is 5.78 Å². The van der Waals surface area contributed by atoms with Crippen molar-refractivity contribution < 1.29 is 4.79 Å². The molecular formula is C9H11NO. The Bertz CT molecular complexity index is 278. The van der Waals surface area contributed by atoms with Crippen LogP contribution in [0, 0.1) is 0 Å². The summed E-state index contributed by atoms with van der Waals surface area (Å²) in [5.74, 6) is 0.0646. The first-order valence-electron chi connectivity index (χ1n) is 3.49. The Labute approximate surface area is 66.1 Å². The van der Waals surface area contributed by atoms with Gasteiger partial charge in [-0.15, -0.1) is 0 Å². The normalized spacial score (nSPS) is 20.0. The Morgan fingerprint density at radius 3 is 2.45 bits per heavy atom. The van der Waals surface area contributed by atoms with E-state index < -0.39 is 0 Å². The van der Waals surface area contributed by atoms with Gasteiger partial charge in [0.05, 0.1) is 0 Å². The van der Waals surface area contributed by atoms with Crippen LogP contribution in [0.25, 0.3) is 0 Å². The van der Waals surface area contributed by atoms with E-state index in [9.17, 15) is 4.79 Å². The lowest BCUT2D eigenvalue weighted by atomic mass is 10.1. The highest BCUT2D eigenvalue weighted by Crippen LogP contribution is 2.20. The molecule has 0 heterocycles. The predicted octanol–water partition coefficient (Wildman–Crippen LogP) is 1.30. The highest BCUT2D eigenvalue weighted by Gasteiger charge is 2.11. The minimum atomic E-state index is 0.0646. The number of nitrogens with two attached hydrogens (primary N) is 1. The van der Waals surface area contributed by atoms with Crippen LogP contribution in [0.15, 0.2) is 35.1 Å². The third-order valence-corrected chi connectivity index (χ3v) is 1.62. The lowest BCUT2D eigenvalue weighted by molar-refractivity contribution is -0.113. The summed E-state index contributed by atoms with van der Waals surface area (Å²) in [4.78, 5) is 11.0. The van der Waals surface area contributed by atoms with Gasteiger partial charge in [0, 0.05) is 16.8 Å². The van der Waals surface area contributed by atoms with Gasteiger partial charge in [-0.3, -0.25) is 4.79 Å². The molecule has 0 aromatic heterocycles. The molecule has 58 valence electrons. The molecule has 0 aliphatic heterocycles. The third kappa shape index (κ3) is 1.40. The maximum atomic E-state index is 11.0. The van der Waals surface area contributed by atoms with Crippen molar-refractivity contribution >= 4 is 5.78 Å². The molecule has 0 saturated carbocycles. The predicted molar refractivity (Wildman–Crippen MR) is 44.8 cm³/mol. The molecule has 0 amide bonds. The number of allylic oxidation sites excluding steroid dienone is 6. The number of hydrogen-bond donors (Lipinski definition) is 1. The number of ketones is 1. The number of Topliss-reactive ketones (excluding diaryl/α,β-unsaturated/α-hetero) is 1. The molecule has 2 nitrogen and oxygen atoms in total. The molecular weight excluding hydrogens is 138 g/mol. The molecule has 0 radical (unpaired) electrons. The van der Waals surface area contributed by atoms with Gasteiger partial charge >= 0.3 is 0 Å². The van der Waals surface area contributed by atoms with Crippen LogP contribution in [0.5, 0.6) is 0 Å². The molecule has 0 bridgehead atoms. The summed E-state index contributed by atoms with van der Waals surface area (Å²) >= 11 is 0. The summed E-state index contributed by atoms with van der Waals surface area (Å²) in [7, 11) is 0. The van der Waals surface area contributed by atoms with Crippen molar-refractivity contribution in [3.63, 3.8) is 0 Å². The zero-order valence-corrected chi connectivity index (χ0v) is 6.72. The standard InChI is InChI=1S/C9H11NO/c1-6(10)8-4-3-5-9(8)7(2)11/h3-5H,10H2,1-2H3/b8-6-. The van der Waals surface area contributed by atoms with E-state index in [1.165, 1.54) is 0 Å². The van der Waals surface area contributed by atoms with E-state index in [-0.39, 0.29) is 5.78 Å². The zero-order valence-electron chi connectivity index (χ0n) is 6.72. The van der Waals surface area contributed by atoms with E-state index >= 15 is 0 Å². The van der Waals surface area contributed by atoms with Crippen molar-refractivity contribution in [2.24, 2.45) is 5.73 Å². The fourth-order valence-electron chi connectivity index (χ4n) is 1.07. The first-order chi connectivity index (χ1) is 5.13. The average Bonchev–Trinajstić information content (AvgIpc) is 2.32. The van der Waals surface area contributed by atoms with Crippen LogP contribution in [0.4, 0.5) is 0 Å². The maximum absolute atomic E-state index is 11.0. The van der Waals surface area contributed by atoms with Crippen LogP contribution in [-0.4, -0.2) is 5.78 Å². The minimum absolute atomic E-state index is 0.0646. The van der Waals surface area contributed by atoms with Crippen molar-refractivity contribution in [3.8, 4) is 0 Å². The molecule has 11 heavy (non-hydrogen) atoms.